The van der Waals surface area contributed by atoms with Crippen molar-refractivity contribution >= 4 is 5.69 Å². The Bertz CT molecular complexity index is 434. The third-order valence-corrected chi connectivity index (χ3v) is 2.83. The third kappa shape index (κ3) is 3.53. The van der Waals surface area contributed by atoms with E-state index in [9.17, 15) is 13.2 Å². The highest BCUT2D eigenvalue weighted by atomic mass is 19.4. The van der Waals surface area contributed by atoms with Crippen molar-refractivity contribution in [3.05, 3.63) is 23.8 Å². The number of benzene rings is 1. The Labute approximate surface area is 109 Å². The molecule has 1 aromatic rings. The molecule has 1 unspecified atom stereocenters. The lowest BCUT2D eigenvalue weighted by molar-refractivity contribution is -0.137. The van der Waals surface area contributed by atoms with Crippen LogP contribution in [0.3, 0.4) is 0 Å². The summed E-state index contributed by atoms with van der Waals surface area (Å²) in [5.41, 5.74) is -0.335. The Balaban J connectivity index is 2.02. The number of hydrogen-bond acceptors (Lipinski definition) is 3. The minimum Gasteiger partial charge on any atom is -0.461 e. The standard InChI is InChI=1S/C13H16F3NO2/c1-2-3-6-18-12-8-17-10-7-9(13(14,15)16)4-5-11(10)19-12/h4-5,7,12,17H,2-3,6,8H2,1H3. The minimum absolute atomic E-state index is 0.345. The van der Waals surface area contributed by atoms with Gasteiger partial charge in [0, 0.05) is 0 Å². The van der Waals surface area contributed by atoms with Gasteiger partial charge in [0.2, 0.25) is 6.29 Å². The molecule has 19 heavy (non-hydrogen) atoms. The van der Waals surface area contributed by atoms with E-state index in [-0.39, 0.29) is 0 Å². The molecule has 1 N–H and O–H groups in total. The van der Waals surface area contributed by atoms with E-state index in [1.165, 1.54) is 6.07 Å². The highest BCUT2D eigenvalue weighted by Gasteiger charge is 2.32. The van der Waals surface area contributed by atoms with E-state index in [0.29, 0.717) is 24.6 Å². The normalized spacial score (nSPS) is 18.4. The van der Waals surface area contributed by atoms with Crippen LogP contribution in [0.4, 0.5) is 18.9 Å². The Hall–Kier alpha value is -1.43. The second kappa shape index (κ2) is 5.69. The fraction of sp³-hybridized carbons (Fsp3) is 0.538. The molecule has 106 valence electrons. The average molecular weight is 275 g/mol. The van der Waals surface area contributed by atoms with Gasteiger partial charge in [-0.2, -0.15) is 13.2 Å². The fourth-order valence-corrected chi connectivity index (χ4v) is 1.78. The molecular formula is C13H16F3NO2. The zero-order chi connectivity index (χ0) is 13.9. The van der Waals surface area contributed by atoms with Gasteiger partial charge in [0.1, 0.15) is 5.75 Å². The number of fused-ring (bicyclic) bond motifs is 1. The maximum absolute atomic E-state index is 12.5. The van der Waals surface area contributed by atoms with Crippen LogP contribution in [0, 0.1) is 0 Å². The second-order valence-corrected chi connectivity index (χ2v) is 4.36. The van der Waals surface area contributed by atoms with Crippen molar-refractivity contribution in [1.82, 2.24) is 0 Å². The molecular weight excluding hydrogens is 259 g/mol. The van der Waals surface area contributed by atoms with E-state index in [4.69, 9.17) is 9.47 Å². The number of nitrogens with one attached hydrogen (secondary N) is 1. The molecule has 0 saturated carbocycles. The second-order valence-electron chi connectivity index (χ2n) is 4.36. The van der Waals surface area contributed by atoms with Crippen LogP contribution in [-0.4, -0.2) is 19.4 Å². The molecule has 0 saturated heterocycles. The number of halogens is 3. The van der Waals surface area contributed by atoms with Gasteiger partial charge in [0.15, 0.2) is 0 Å². The van der Waals surface area contributed by atoms with Crippen molar-refractivity contribution < 1.29 is 22.6 Å². The zero-order valence-corrected chi connectivity index (χ0v) is 10.6. The van der Waals surface area contributed by atoms with E-state index in [2.05, 4.69) is 12.2 Å². The molecule has 0 aromatic heterocycles. The van der Waals surface area contributed by atoms with Crippen LogP contribution in [0.1, 0.15) is 25.3 Å². The molecule has 0 bridgehead atoms. The molecule has 1 aliphatic heterocycles. The van der Waals surface area contributed by atoms with E-state index in [1.807, 2.05) is 0 Å². The molecule has 0 radical (unpaired) electrons. The van der Waals surface area contributed by atoms with Gasteiger partial charge in [-0.05, 0) is 24.6 Å². The predicted octanol–water partition coefficient (Wildman–Crippen LogP) is 3.65. The maximum Gasteiger partial charge on any atom is 0.416 e. The number of ether oxygens (including phenoxy) is 2. The summed E-state index contributed by atoms with van der Waals surface area (Å²) < 4.78 is 48.6. The van der Waals surface area contributed by atoms with Gasteiger partial charge in [-0.3, -0.25) is 0 Å². The monoisotopic (exact) mass is 275 g/mol. The van der Waals surface area contributed by atoms with Gasteiger partial charge in [0.05, 0.1) is 24.4 Å². The number of alkyl halides is 3. The number of rotatable bonds is 4. The van der Waals surface area contributed by atoms with Crippen LogP contribution in [-0.2, 0) is 10.9 Å². The van der Waals surface area contributed by atoms with Crippen molar-refractivity contribution in [3.63, 3.8) is 0 Å². The lowest BCUT2D eigenvalue weighted by Crippen LogP contribution is -2.33. The lowest BCUT2D eigenvalue weighted by atomic mass is 10.1. The number of hydrogen-bond donors (Lipinski definition) is 1. The van der Waals surface area contributed by atoms with Crippen molar-refractivity contribution in [2.75, 3.05) is 18.5 Å². The first kappa shape index (κ1) is 14.0. The molecule has 2 rings (SSSR count). The molecule has 1 aliphatic rings. The van der Waals surface area contributed by atoms with Crippen molar-refractivity contribution in [1.29, 1.82) is 0 Å². The Kier molecular flexibility index (Phi) is 4.19. The van der Waals surface area contributed by atoms with E-state index in [0.717, 1.165) is 25.0 Å². The van der Waals surface area contributed by atoms with Crippen LogP contribution in [0.2, 0.25) is 0 Å². The highest BCUT2D eigenvalue weighted by molar-refractivity contribution is 5.59. The summed E-state index contributed by atoms with van der Waals surface area (Å²) in [6.07, 6.45) is -2.84. The summed E-state index contributed by atoms with van der Waals surface area (Å²) in [6, 6.07) is 3.38. The molecule has 0 spiro atoms. The molecule has 1 aromatic carbocycles. The minimum atomic E-state index is -4.34. The first-order chi connectivity index (χ1) is 9.00. The van der Waals surface area contributed by atoms with Gasteiger partial charge in [-0.25, -0.2) is 0 Å². The quantitative estimate of drug-likeness (QED) is 0.851. The van der Waals surface area contributed by atoms with E-state index < -0.39 is 18.0 Å². The zero-order valence-electron chi connectivity index (χ0n) is 10.6. The van der Waals surface area contributed by atoms with Crippen LogP contribution in [0.15, 0.2) is 18.2 Å². The summed E-state index contributed by atoms with van der Waals surface area (Å²) in [4.78, 5) is 0. The number of unbranched alkanes of at least 4 members (excludes halogenated alkanes) is 1. The first-order valence-corrected chi connectivity index (χ1v) is 6.24. The molecule has 1 atom stereocenters. The maximum atomic E-state index is 12.5. The van der Waals surface area contributed by atoms with Crippen LogP contribution >= 0.6 is 0 Å². The highest BCUT2D eigenvalue weighted by Crippen LogP contribution is 2.36. The van der Waals surface area contributed by atoms with Crippen molar-refractivity contribution in [3.8, 4) is 5.75 Å². The lowest BCUT2D eigenvalue weighted by Gasteiger charge is -2.27. The number of anilines is 1. The average Bonchev–Trinajstić information content (AvgIpc) is 2.37. The topological polar surface area (TPSA) is 30.5 Å². The SMILES string of the molecule is CCCCOC1CNc2cc(C(F)(F)F)ccc2O1. The summed E-state index contributed by atoms with van der Waals surface area (Å²) in [7, 11) is 0. The van der Waals surface area contributed by atoms with Gasteiger partial charge < -0.3 is 14.8 Å². The fourth-order valence-electron chi connectivity index (χ4n) is 1.78. The van der Waals surface area contributed by atoms with Crippen molar-refractivity contribution in [2.45, 2.75) is 32.2 Å². The molecule has 1 heterocycles. The van der Waals surface area contributed by atoms with Crippen LogP contribution in [0.5, 0.6) is 5.75 Å². The molecule has 0 aliphatic carbocycles. The molecule has 0 amide bonds. The first-order valence-electron chi connectivity index (χ1n) is 6.24. The van der Waals surface area contributed by atoms with Crippen LogP contribution in [0.25, 0.3) is 0 Å². The Morgan fingerprint density at radius 3 is 2.89 bits per heavy atom. The van der Waals surface area contributed by atoms with Gasteiger partial charge in [-0.1, -0.05) is 13.3 Å². The van der Waals surface area contributed by atoms with Crippen LogP contribution < -0.4 is 10.1 Å². The smallest absolute Gasteiger partial charge is 0.416 e. The summed E-state index contributed by atoms with van der Waals surface area (Å²) in [5, 5.41) is 2.90. The third-order valence-electron chi connectivity index (χ3n) is 2.83. The van der Waals surface area contributed by atoms with Crippen molar-refractivity contribution in [2.24, 2.45) is 0 Å². The molecule has 6 heteroatoms. The Morgan fingerprint density at radius 1 is 1.42 bits per heavy atom. The molecule has 0 fully saturated rings. The largest absolute Gasteiger partial charge is 0.461 e. The Morgan fingerprint density at radius 2 is 2.21 bits per heavy atom. The van der Waals surface area contributed by atoms with E-state index in [1.54, 1.807) is 0 Å². The summed E-state index contributed by atoms with van der Waals surface area (Å²) in [5.74, 6) is 0.390. The molecule has 3 nitrogen and oxygen atoms in total. The van der Waals surface area contributed by atoms with Gasteiger partial charge in [-0.15, -0.1) is 0 Å². The van der Waals surface area contributed by atoms with E-state index >= 15 is 0 Å². The predicted molar refractivity (Wildman–Crippen MR) is 65.2 cm³/mol. The summed E-state index contributed by atoms with van der Waals surface area (Å²) >= 11 is 0. The summed E-state index contributed by atoms with van der Waals surface area (Å²) in [6.45, 7) is 2.98. The van der Waals surface area contributed by atoms with Gasteiger partial charge >= 0.3 is 6.18 Å². The van der Waals surface area contributed by atoms with Gasteiger partial charge in [0.25, 0.3) is 0 Å².